The van der Waals surface area contributed by atoms with E-state index >= 15 is 0 Å². The first-order valence-corrected chi connectivity index (χ1v) is 9.58. The highest BCUT2D eigenvalue weighted by Crippen LogP contribution is 2.20. The first-order chi connectivity index (χ1) is 9.99. The number of hydrogen-bond donors (Lipinski definition) is 2. The van der Waals surface area contributed by atoms with Crippen molar-refractivity contribution >= 4 is 41.7 Å². The van der Waals surface area contributed by atoms with Crippen LogP contribution in [-0.4, -0.2) is 60.6 Å². The molecule has 1 rings (SSSR count). The lowest BCUT2D eigenvalue weighted by Crippen LogP contribution is -2.49. The summed E-state index contributed by atoms with van der Waals surface area (Å²) in [7, 11) is 0. The summed E-state index contributed by atoms with van der Waals surface area (Å²) in [6, 6.07) is 0. The number of rotatable bonds is 7. The topological polar surface area (TPSA) is 39.7 Å². The Kier molecular flexibility index (Phi) is 12.0. The summed E-state index contributed by atoms with van der Waals surface area (Å²) in [6.45, 7) is 14.1. The van der Waals surface area contributed by atoms with Crippen molar-refractivity contribution in [1.82, 2.24) is 15.5 Å². The standard InChI is InChI=1S/C16H34N4S.HI/c1-6-17-15(18-12-14(2)21-5)19-13-16(3,4)20-10-8-7-9-11-20;/h14H,6-13H2,1-5H3,(H2,17,18,19);1H. The highest BCUT2D eigenvalue weighted by molar-refractivity contribution is 14.0. The van der Waals surface area contributed by atoms with Gasteiger partial charge in [-0.15, -0.1) is 24.0 Å². The lowest BCUT2D eigenvalue weighted by atomic mass is 9.99. The van der Waals surface area contributed by atoms with E-state index in [4.69, 9.17) is 4.99 Å². The second kappa shape index (κ2) is 11.8. The Morgan fingerprint density at radius 1 is 1.23 bits per heavy atom. The third-order valence-corrected chi connectivity index (χ3v) is 5.11. The number of guanidine groups is 1. The zero-order valence-electron chi connectivity index (χ0n) is 14.9. The summed E-state index contributed by atoms with van der Waals surface area (Å²) in [6.07, 6.45) is 6.19. The number of halogens is 1. The van der Waals surface area contributed by atoms with Crippen LogP contribution in [0.2, 0.25) is 0 Å². The van der Waals surface area contributed by atoms with Crippen molar-refractivity contribution in [3.63, 3.8) is 0 Å². The Morgan fingerprint density at radius 2 is 1.86 bits per heavy atom. The molecule has 1 fully saturated rings. The zero-order chi connectivity index (χ0) is 15.7. The maximum Gasteiger partial charge on any atom is 0.191 e. The normalized spacial score (nSPS) is 18.5. The van der Waals surface area contributed by atoms with Crippen LogP contribution in [0.5, 0.6) is 0 Å². The van der Waals surface area contributed by atoms with E-state index in [2.05, 4.69) is 49.5 Å². The van der Waals surface area contributed by atoms with Crippen LogP contribution < -0.4 is 10.6 Å². The van der Waals surface area contributed by atoms with Gasteiger partial charge in [0.25, 0.3) is 0 Å². The van der Waals surface area contributed by atoms with Gasteiger partial charge in [0.1, 0.15) is 0 Å². The van der Waals surface area contributed by atoms with E-state index in [0.717, 1.165) is 25.6 Å². The number of hydrogen-bond acceptors (Lipinski definition) is 3. The molecule has 0 aromatic heterocycles. The van der Waals surface area contributed by atoms with E-state index in [1.165, 1.54) is 32.4 Å². The maximum absolute atomic E-state index is 4.81. The van der Waals surface area contributed by atoms with Crippen molar-refractivity contribution in [1.29, 1.82) is 0 Å². The van der Waals surface area contributed by atoms with Gasteiger partial charge in [-0.1, -0.05) is 13.3 Å². The summed E-state index contributed by atoms with van der Waals surface area (Å²) in [5.74, 6) is 0.948. The first kappa shape index (κ1) is 22.3. The highest BCUT2D eigenvalue weighted by Gasteiger charge is 2.27. The van der Waals surface area contributed by atoms with Crippen molar-refractivity contribution in [3.8, 4) is 0 Å². The van der Waals surface area contributed by atoms with Gasteiger partial charge in [-0.3, -0.25) is 9.89 Å². The Hall–Kier alpha value is 0.310. The minimum absolute atomic E-state index is 0. The summed E-state index contributed by atoms with van der Waals surface area (Å²) in [4.78, 5) is 7.40. The summed E-state index contributed by atoms with van der Waals surface area (Å²) in [5, 5.41) is 7.40. The average molecular weight is 442 g/mol. The van der Waals surface area contributed by atoms with Crippen molar-refractivity contribution < 1.29 is 0 Å². The molecule has 1 saturated heterocycles. The third-order valence-electron chi connectivity index (χ3n) is 4.14. The number of thioether (sulfide) groups is 1. The van der Waals surface area contributed by atoms with E-state index in [0.29, 0.717) is 5.25 Å². The van der Waals surface area contributed by atoms with Gasteiger partial charge in [-0.05, 0) is 53.0 Å². The number of aliphatic imine (C=N–C) groups is 1. The number of nitrogens with one attached hydrogen (secondary N) is 2. The molecule has 0 bridgehead atoms. The van der Waals surface area contributed by atoms with Crippen molar-refractivity contribution in [2.45, 2.75) is 57.7 Å². The van der Waals surface area contributed by atoms with Crippen molar-refractivity contribution in [2.24, 2.45) is 4.99 Å². The van der Waals surface area contributed by atoms with Gasteiger partial charge in [0, 0.05) is 23.9 Å². The van der Waals surface area contributed by atoms with Gasteiger partial charge in [0.05, 0.1) is 6.54 Å². The Balaban J connectivity index is 0.00000441. The molecule has 0 aromatic rings. The Labute approximate surface area is 158 Å². The van der Waals surface area contributed by atoms with E-state index in [1.807, 2.05) is 11.8 Å². The fourth-order valence-corrected chi connectivity index (χ4v) is 2.79. The third kappa shape index (κ3) is 8.24. The molecular formula is C16H35IN4S. The minimum Gasteiger partial charge on any atom is -0.357 e. The second-order valence-electron chi connectivity index (χ2n) is 6.48. The van der Waals surface area contributed by atoms with Crippen LogP contribution in [0.4, 0.5) is 0 Å². The molecule has 132 valence electrons. The predicted molar refractivity (Wildman–Crippen MR) is 112 cm³/mol. The smallest absolute Gasteiger partial charge is 0.191 e. The summed E-state index contributed by atoms with van der Waals surface area (Å²) in [5.41, 5.74) is 0.147. The number of likely N-dealkylation sites (tertiary alicyclic amines) is 1. The molecule has 1 unspecified atom stereocenters. The zero-order valence-corrected chi connectivity index (χ0v) is 18.1. The molecule has 0 saturated carbocycles. The SMILES string of the molecule is CCNC(=NCC(C)(C)N1CCCCC1)NCC(C)SC.I. The maximum atomic E-state index is 4.81. The van der Waals surface area contributed by atoms with Crippen LogP contribution >= 0.6 is 35.7 Å². The van der Waals surface area contributed by atoms with Gasteiger partial charge in [-0.2, -0.15) is 11.8 Å². The molecule has 1 aliphatic rings. The molecule has 0 aromatic carbocycles. The monoisotopic (exact) mass is 442 g/mol. The Bertz CT molecular complexity index is 317. The lowest BCUT2D eigenvalue weighted by Gasteiger charge is -2.40. The van der Waals surface area contributed by atoms with Gasteiger partial charge in [-0.25, -0.2) is 0 Å². The molecule has 0 radical (unpaired) electrons. The van der Waals surface area contributed by atoms with E-state index < -0.39 is 0 Å². The van der Waals surface area contributed by atoms with Crippen LogP contribution in [0.15, 0.2) is 4.99 Å². The largest absolute Gasteiger partial charge is 0.357 e. The number of piperidine rings is 1. The quantitative estimate of drug-likeness (QED) is 0.361. The molecule has 6 heteroatoms. The van der Waals surface area contributed by atoms with E-state index in [9.17, 15) is 0 Å². The van der Waals surface area contributed by atoms with E-state index in [-0.39, 0.29) is 29.5 Å². The molecule has 2 N–H and O–H groups in total. The van der Waals surface area contributed by atoms with E-state index in [1.54, 1.807) is 0 Å². The second-order valence-corrected chi connectivity index (χ2v) is 7.76. The molecule has 0 amide bonds. The van der Waals surface area contributed by atoms with Gasteiger partial charge in [0.2, 0.25) is 0 Å². The molecule has 22 heavy (non-hydrogen) atoms. The first-order valence-electron chi connectivity index (χ1n) is 8.29. The predicted octanol–water partition coefficient (Wildman–Crippen LogP) is 3.18. The van der Waals surface area contributed by atoms with Crippen LogP contribution in [-0.2, 0) is 0 Å². The molecule has 1 heterocycles. The van der Waals surface area contributed by atoms with Crippen LogP contribution in [0.1, 0.15) is 47.0 Å². The van der Waals surface area contributed by atoms with Gasteiger partial charge in [0.15, 0.2) is 5.96 Å². The summed E-state index contributed by atoms with van der Waals surface area (Å²) < 4.78 is 0. The fraction of sp³-hybridized carbons (Fsp3) is 0.938. The van der Waals surface area contributed by atoms with Gasteiger partial charge < -0.3 is 10.6 Å². The summed E-state index contributed by atoms with van der Waals surface area (Å²) >= 11 is 1.88. The van der Waals surface area contributed by atoms with Crippen LogP contribution in [0.25, 0.3) is 0 Å². The Morgan fingerprint density at radius 3 is 2.41 bits per heavy atom. The van der Waals surface area contributed by atoms with Crippen molar-refractivity contribution in [3.05, 3.63) is 0 Å². The number of nitrogens with zero attached hydrogens (tertiary/aromatic N) is 2. The lowest BCUT2D eigenvalue weighted by molar-refractivity contribution is 0.102. The molecule has 0 aliphatic carbocycles. The molecule has 1 atom stereocenters. The minimum atomic E-state index is 0. The molecule has 4 nitrogen and oxygen atoms in total. The fourth-order valence-electron chi connectivity index (χ4n) is 2.54. The van der Waals surface area contributed by atoms with Crippen LogP contribution in [0, 0.1) is 0 Å². The van der Waals surface area contributed by atoms with Crippen LogP contribution in [0.3, 0.4) is 0 Å². The molecule has 0 spiro atoms. The van der Waals surface area contributed by atoms with Crippen molar-refractivity contribution in [2.75, 3.05) is 39.0 Å². The highest BCUT2D eigenvalue weighted by atomic mass is 127. The van der Waals surface area contributed by atoms with Gasteiger partial charge >= 0.3 is 0 Å². The average Bonchev–Trinajstić information content (AvgIpc) is 2.50. The molecule has 1 aliphatic heterocycles. The molecular weight excluding hydrogens is 407 g/mol.